The van der Waals surface area contributed by atoms with Crippen molar-refractivity contribution in [2.24, 2.45) is 5.41 Å². The quantitative estimate of drug-likeness (QED) is 0.352. The summed E-state index contributed by atoms with van der Waals surface area (Å²) in [6, 6.07) is 12.1. The summed E-state index contributed by atoms with van der Waals surface area (Å²) in [6.45, 7) is 7.76. The van der Waals surface area contributed by atoms with Crippen LogP contribution in [-0.2, 0) is 6.54 Å². The van der Waals surface area contributed by atoms with Crippen LogP contribution in [-0.4, -0.2) is 45.4 Å². The normalized spacial score (nSPS) is 18.9. The van der Waals surface area contributed by atoms with E-state index in [0.717, 1.165) is 35.5 Å². The summed E-state index contributed by atoms with van der Waals surface area (Å²) in [4.78, 5) is 21.4. The SMILES string of the molecule is COc1ccc(F)cc1C(=O)NCc1ccc(-c2nn(C3CNC(C)CC3(C)C)c3ncnc(N)c23)cc1. The van der Waals surface area contributed by atoms with Gasteiger partial charge in [0.1, 0.15) is 29.4 Å². The predicted molar refractivity (Wildman–Crippen MR) is 144 cm³/mol. The standard InChI is InChI=1S/C28H32FN7O2/c1-16-12-28(2,3)22(14-31-16)36-26-23(25(30)33-15-34-26)24(35-36)18-7-5-17(6-8-18)13-32-27(37)20-11-19(29)9-10-21(20)38-4/h5-11,15-16,22,31H,12-14H2,1-4H3,(H,32,37)(H2,30,33,34). The number of hydrogen-bond acceptors (Lipinski definition) is 7. The van der Waals surface area contributed by atoms with Crippen molar-refractivity contribution < 1.29 is 13.9 Å². The topological polar surface area (TPSA) is 120 Å². The number of nitrogens with zero attached hydrogens (tertiary/aromatic N) is 4. The molecule has 2 atom stereocenters. The van der Waals surface area contributed by atoms with Gasteiger partial charge in [0.05, 0.1) is 24.1 Å². The van der Waals surface area contributed by atoms with Gasteiger partial charge in [0.2, 0.25) is 0 Å². The van der Waals surface area contributed by atoms with Crippen LogP contribution >= 0.6 is 0 Å². The second-order valence-corrected chi connectivity index (χ2v) is 10.5. The monoisotopic (exact) mass is 517 g/mol. The van der Waals surface area contributed by atoms with Crippen LogP contribution in [0.4, 0.5) is 10.2 Å². The van der Waals surface area contributed by atoms with Crippen molar-refractivity contribution >= 4 is 22.8 Å². The number of nitrogens with one attached hydrogen (secondary N) is 2. The molecule has 10 heteroatoms. The Hall–Kier alpha value is -4.05. The fraction of sp³-hybridized carbons (Fsp3) is 0.357. The van der Waals surface area contributed by atoms with Gasteiger partial charge in [-0.15, -0.1) is 0 Å². The number of methoxy groups -OCH3 is 1. The highest BCUT2D eigenvalue weighted by Crippen LogP contribution is 2.41. The number of carbonyl (C=O) groups excluding carboxylic acids is 1. The molecule has 1 aliphatic heterocycles. The maximum atomic E-state index is 13.7. The summed E-state index contributed by atoms with van der Waals surface area (Å²) in [6.07, 6.45) is 2.49. The van der Waals surface area contributed by atoms with Gasteiger partial charge in [-0.3, -0.25) is 4.79 Å². The molecule has 2 aromatic heterocycles. The lowest BCUT2D eigenvalue weighted by molar-refractivity contribution is 0.0947. The molecule has 0 spiro atoms. The number of piperidine rings is 1. The fourth-order valence-corrected chi connectivity index (χ4v) is 5.33. The predicted octanol–water partition coefficient (Wildman–Crippen LogP) is 4.10. The first-order chi connectivity index (χ1) is 18.2. The molecule has 198 valence electrons. The van der Waals surface area contributed by atoms with Crippen molar-refractivity contribution in [2.45, 2.75) is 45.8 Å². The van der Waals surface area contributed by atoms with Crippen molar-refractivity contribution in [2.75, 3.05) is 19.4 Å². The molecule has 2 aromatic carbocycles. The number of hydrogen-bond donors (Lipinski definition) is 3. The average Bonchev–Trinajstić information content (AvgIpc) is 3.27. The molecule has 0 saturated carbocycles. The van der Waals surface area contributed by atoms with Gasteiger partial charge in [-0.25, -0.2) is 19.0 Å². The molecule has 9 nitrogen and oxygen atoms in total. The van der Waals surface area contributed by atoms with Crippen LogP contribution < -0.4 is 21.1 Å². The highest BCUT2D eigenvalue weighted by Gasteiger charge is 2.38. The number of amides is 1. The third-order valence-electron chi connectivity index (χ3n) is 7.29. The van der Waals surface area contributed by atoms with Crippen molar-refractivity contribution in [3.63, 3.8) is 0 Å². The first-order valence-corrected chi connectivity index (χ1v) is 12.6. The minimum atomic E-state index is -0.503. The second-order valence-electron chi connectivity index (χ2n) is 10.5. The Labute approximate surface area is 220 Å². The van der Waals surface area contributed by atoms with Gasteiger partial charge < -0.3 is 21.1 Å². The van der Waals surface area contributed by atoms with E-state index in [1.807, 2.05) is 28.9 Å². The third kappa shape index (κ3) is 4.79. The zero-order valence-corrected chi connectivity index (χ0v) is 22.0. The average molecular weight is 518 g/mol. The first kappa shape index (κ1) is 25.6. The molecular formula is C28H32FN7O2. The van der Waals surface area contributed by atoms with Gasteiger partial charge in [-0.05, 0) is 42.5 Å². The summed E-state index contributed by atoms with van der Waals surface area (Å²) < 4.78 is 20.8. The number of nitrogens with two attached hydrogens (primary N) is 1. The maximum absolute atomic E-state index is 13.7. The molecular weight excluding hydrogens is 485 g/mol. The Morgan fingerprint density at radius 3 is 2.71 bits per heavy atom. The molecule has 1 saturated heterocycles. The maximum Gasteiger partial charge on any atom is 0.255 e. The van der Waals surface area contributed by atoms with E-state index in [-0.39, 0.29) is 23.6 Å². The third-order valence-corrected chi connectivity index (χ3v) is 7.29. The molecule has 1 aliphatic rings. The van der Waals surface area contributed by atoms with E-state index in [9.17, 15) is 9.18 Å². The van der Waals surface area contributed by atoms with E-state index >= 15 is 0 Å². The highest BCUT2D eigenvalue weighted by atomic mass is 19.1. The number of nitrogen functional groups attached to an aromatic ring is 1. The summed E-state index contributed by atoms with van der Waals surface area (Å²) in [5.74, 6) is -0.228. The minimum Gasteiger partial charge on any atom is -0.496 e. The Morgan fingerprint density at radius 1 is 1.24 bits per heavy atom. The summed E-state index contributed by atoms with van der Waals surface area (Å²) in [5.41, 5.74) is 9.64. The van der Waals surface area contributed by atoms with Crippen LogP contribution in [0.5, 0.6) is 5.75 Å². The van der Waals surface area contributed by atoms with E-state index in [1.54, 1.807) is 0 Å². The Morgan fingerprint density at radius 2 is 2.00 bits per heavy atom. The number of fused-ring (bicyclic) bond motifs is 1. The number of anilines is 1. The lowest BCUT2D eigenvalue weighted by Gasteiger charge is -2.42. The Bertz CT molecular complexity index is 1480. The van der Waals surface area contributed by atoms with Crippen molar-refractivity contribution in [3.8, 4) is 17.0 Å². The van der Waals surface area contributed by atoms with E-state index < -0.39 is 11.7 Å². The molecule has 0 aliphatic carbocycles. The van der Waals surface area contributed by atoms with Gasteiger partial charge in [-0.2, -0.15) is 5.10 Å². The largest absolute Gasteiger partial charge is 0.496 e. The second kappa shape index (κ2) is 10.0. The molecule has 0 bridgehead atoms. The van der Waals surface area contributed by atoms with Crippen LogP contribution in [0.25, 0.3) is 22.3 Å². The lowest BCUT2D eigenvalue weighted by Crippen LogP contribution is -2.47. The van der Waals surface area contributed by atoms with Crippen LogP contribution in [0.1, 0.15) is 49.2 Å². The van der Waals surface area contributed by atoms with Crippen LogP contribution in [0.2, 0.25) is 0 Å². The minimum absolute atomic E-state index is 0.00696. The molecule has 4 aromatic rings. The molecule has 1 amide bonds. The summed E-state index contributed by atoms with van der Waals surface area (Å²) in [5, 5.41) is 12.1. The van der Waals surface area contributed by atoms with Gasteiger partial charge in [0.25, 0.3) is 5.91 Å². The van der Waals surface area contributed by atoms with Crippen molar-refractivity contribution in [3.05, 3.63) is 65.7 Å². The zero-order chi connectivity index (χ0) is 27.0. The molecule has 2 unspecified atom stereocenters. The van der Waals surface area contributed by atoms with Gasteiger partial charge in [0, 0.05) is 24.7 Å². The molecule has 4 N–H and O–H groups in total. The Kier molecular flexibility index (Phi) is 6.75. The summed E-state index contributed by atoms with van der Waals surface area (Å²) >= 11 is 0. The highest BCUT2D eigenvalue weighted by molar-refractivity contribution is 5.98. The number of ether oxygens (including phenoxy) is 1. The number of benzene rings is 2. The van der Waals surface area contributed by atoms with Gasteiger partial charge in [0.15, 0.2) is 5.65 Å². The van der Waals surface area contributed by atoms with Crippen molar-refractivity contribution in [1.82, 2.24) is 30.4 Å². The molecule has 1 fully saturated rings. The smallest absolute Gasteiger partial charge is 0.255 e. The fourth-order valence-electron chi connectivity index (χ4n) is 5.33. The first-order valence-electron chi connectivity index (χ1n) is 12.6. The zero-order valence-electron chi connectivity index (χ0n) is 22.0. The molecule has 0 radical (unpaired) electrons. The van der Waals surface area contributed by atoms with Crippen LogP contribution in [0.3, 0.4) is 0 Å². The number of carbonyl (C=O) groups is 1. The number of halogens is 1. The van der Waals surface area contributed by atoms with Gasteiger partial charge >= 0.3 is 0 Å². The summed E-state index contributed by atoms with van der Waals surface area (Å²) in [7, 11) is 1.44. The number of rotatable bonds is 6. The van der Waals surface area contributed by atoms with Crippen LogP contribution in [0, 0.1) is 11.2 Å². The van der Waals surface area contributed by atoms with Crippen LogP contribution in [0.15, 0.2) is 48.8 Å². The molecule has 5 rings (SSSR count). The van der Waals surface area contributed by atoms with E-state index in [4.69, 9.17) is 15.6 Å². The molecule has 3 heterocycles. The van der Waals surface area contributed by atoms with E-state index in [0.29, 0.717) is 29.0 Å². The van der Waals surface area contributed by atoms with Crippen molar-refractivity contribution in [1.29, 1.82) is 0 Å². The lowest BCUT2D eigenvalue weighted by atomic mass is 9.76. The number of aromatic nitrogens is 4. The molecule has 38 heavy (non-hydrogen) atoms. The Balaban J connectivity index is 1.41. The van der Waals surface area contributed by atoms with E-state index in [2.05, 4.69) is 41.4 Å². The van der Waals surface area contributed by atoms with Gasteiger partial charge in [-0.1, -0.05) is 38.1 Å². The van der Waals surface area contributed by atoms with E-state index in [1.165, 1.54) is 25.6 Å².